The number of hydrogen-bond donors (Lipinski definition) is 12. The number of nitrogens with one attached hydrogen (secondary N) is 1. The van der Waals surface area contributed by atoms with Gasteiger partial charge in [-0.05, 0) is 64.2 Å². The molecule has 1 amide bonds. The van der Waals surface area contributed by atoms with Crippen LogP contribution in [-0.4, -0.2) is 193 Å². The van der Waals surface area contributed by atoms with E-state index in [-0.39, 0.29) is 18.9 Å². The predicted octanol–water partition coefficient (Wildman–Crippen LogP) is 10.6. The zero-order valence-corrected chi connectivity index (χ0v) is 57.0. The summed E-state index contributed by atoms with van der Waals surface area (Å²) in [6, 6.07) is -0.989. The highest BCUT2D eigenvalue weighted by atomic mass is 16.8. The summed E-state index contributed by atoms with van der Waals surface area (Å²) < 4.78 is 34.3. The first-order chi connectivity index (χ1) is 44.8. The van der Waals surface area contributed by atoms with E-state index in [1.54, 1.807) is 6.08 Å². The molecule has 0 radical (unpaired) electrons. The summed E-state index contributed by atoms with van der Waals surface area (Å²) in [6.45, 7) is 1.72. The largest absolute Gasteiger partial charge is 0.394 e. The molecule has 3 aliphatic heterocycles. The van der Waals surface area contributed by atoms with Crippen molar-refractivity contribution in [3.8, 4) is 0 Å². The van der Waals surface area contributed by atoms with Gasteiger partial charge in [0.05, 0.1) is 38.6 Å². The minimum absolute atomic E-state index is 0.237. The predicted molar refractivity (Wildman–Crippen MR) is 360 cm³/mol. The first-order valence-corrected chi connectivity index (χ1v) is 36.9. The summed E-state index contributed by atoms with van der Waals surface area (Å²) in [5.41, 5.74) is 0. The Labute approximate surface area is 554 Å². The molecule has 92 heavy (non-hydrogen) atoms. The van der Waals surface area contributed by atoms with Gasteiger partial charge in [-0.25, -0.2) is 0 Å². The van der Waals surface area contributed by atoms with Crippen LogP contribution in [0.1, 0.15) is 277 Å². The summed E-state index contributed by atoms with van der Waals surface area (Å²) in [5.74, 6) is -0.282. The third-order valence-corrected chi connectivity index (χ3v) is 18.3. The molecule has 0 bridgehead atoms. The zero-order valence-electron chi connectivity index (χ0n) is 57.0. The summed E-state index contributed by atoms with van der Waals surface area (Å²) in [6.07, 6.45) is 39.6. The van der Waals surface area contributed by atoms with Crippen LogP contribution >= 0.6 is 0 Å². The smallest absolute Gasteiger partial charge is 0.220 e. The summed E-state index contributed by atoms with van der Waals surface area (Å²) in [4.78, 5) is 13.4. The number of unbranched alkanes of at least 4 members (excludes halogenated alkanes) is 35. The Morgan fingerprint density at radius 1 is 0.391 bits per heavy atom. The topological polar surface area (TPSA) is 307 Å². The van der Waals surface area contributed by atoms with Crippen molar-refractivity contribution in [2.75, 3.05) is 26.4 Å². The van der Waals surface area contributed by atoms with Crippen molar-refractivity contribution < 1.29 is 89.4 Å². The molecule has 0 aliphatic carbocycles. The van der Waals surface area contributed by atoms with E-state index in [4.69, 9.17) is 28.4 Å². The number of aliphatic hydroxyl groups excluding tert-OH is 11. The molecule has 0 saturated carbocycles. The van der Waals surface area contributed by atoms with Crippen molar-refractivity contribution in [2.24, 2.45) is 0 Å². The molecule has 0 spiro atoms. The molecule has 0 aromatic carbocycles. The third-order valence-electron chi connectivity index (χ3n) is 18.3. The fourth-order valence-corrected chi connectivity index (χ4v) is 12.4. The zero-order chi connectivity index (χ0) is 66.8. The van der Waals surface area contributed by atoms with E-state index < -0.39 is 124 Å². The molecule has 17 atom stereocenters. The normalized spacial score (nSPS) is 27.9. The first kappa shape index (κ1) is 84.0. The van der Waals surface area contributed by atoms with Crippen molar-refractivity contribution in [3.05, 3.63) is 48.6 Å². The Morgan fingerprint density at radius 2 is 0.728 bits per heavy atom. The van der Waals surface area contributed by atoms with E-state index in [1.807, 2.05) is 6.08 Å². The second kappa shape index (κ2) is 54.7. The van der Waals surface area contributed by atoms with Gasteiger partial charge in [0.1, 0.15) is 73.2 Å². The minimum atomic E-state index is -1.98. The van der Waals surface area contributed by atoms with Gasteiger partial charge in [0.15, 0.2) is 18.9 Å². The molecule has 3 aliphatic rings. The maximum atomic E-state index is 13.4. The van der Waals surface area contributed by atoms with Gasteiger partial charge >= 0.3 is 0 Å². The molecule has 17 unspecified atom stereocenters. The number of ether oxygens (including phenoxy) is 6. The Balaban J connectivity index is 1.38. The summed E-state index contributed by atoms with van der Waals surface area (Å²) >= 11 is 0. The second-order valence-corrected chi connectivity index (χ2v) is 26.4. The lowest BCUT2D eigenvalue weighted by atomic mass is 9.96. The monoisotopic (exact) mass is 1310 g/mol. The van der Waals surface area contributed by atoms with Crippen molar-refractivity contribution >= 4 is 5.91 Å². The van der Waals surface area contributed by atoms with Crippen LogP contribution in [0.15, 0.2) is 48.6 Å². The molecule has 12 N–H and O–H groups in total. The quantitative estimate of drug-likeness (QED) is 0.0199. The molecule has 19 heteroatoms. The average Bonchev–Trinajstić information content (AvgIpc) is 0.834. The van der Waals surface area contributed by atoms with Crippen LogP contribution in [-0.2, 0) is 33.2 Å². The highest BCUT2D eigenvalue weighted by molar-refractivity contribution is 5.76. The number of amides is 1. The van der Waals surface area contributed by atoms with Crippen molar-refractivity contribution in [1.29, 1.82) is 0 Å². The lowest BCUT2D eigenvalue weighted by molar-refractivity contribution is -0.379. The molecule has 0 aromatic heterocycles. The van der Waals surface area contributed by atoms with E-state index in [2.05, 4.69) is 55.6 Å². The van der Waals surface area contributed by atoms with Crippen LogP contribution in [0.3, 0.4) is 0 Å². The van der Waals surface area contributed by atoms with E-state index in [1.165, 1.54) is 199 Å². The number of hydrogen-bond acceptors (Lipinski definition) is 18. The standard InChI is InChI=1S/C73H133NO18/c1-3-5-7-9-11-13-15-17-19-21-22-23-24-25-26-27-28-29-30-31-32-33-34-35-37-39-41-43-45-47-49-51-61(79)74-56(57(78)50-48-46-44-42-40-38-36-20-18-16-14-12-10-8-6-4-2)55-87-71-67(85)64(82)69(59(53-76)89-71)92-73-68(86)65(83)70(60(54-77)90-73)91-72-66(84)63(81)62(80)58(52-75)88-72/h15,17,21-22,40,42,48,50,56-60,62-73,75-78,80-86H,3-14,16,18-20,23-39,41,43-47,49,51-55H2,1-2H3,(H,74,79)/b17-15-,22-21-,42-40+,50-48+. The van der Waals surface area contributed by atoms with Crippen molar-refractivity contribution in [1.82, 2.24) is 5.32 Å². The first-order valence-electron chi connectivity index (χ1n) is 36.9. The highest BCUT2D eigenvalue weighted by Gasteiger charge is 2.53. The fraction of sp³-hybridized carbons (Fsp3) is 0.877. The van der Waals surface area contributed by atoms with Crippen LogP contribution in [0, 0.1) is 0 Å². The van der Waals surface area contributed by atoms with Crippen LogP contribution < -0.4 is 5.32 Å². The van der Waals surface area contributed by atoms with Gasteiger partial charge in [-0.15, -0.1) is 0 Å². The number of aliphatic hydroxyl groups is 11. The van der Waals surface area contributed by atoms with Gasteiger partial charge in [-0.2, -0.15) is 0 Å². The van der Waals surface area contributed by atoms with E-state index in [0.717, 1.165) is 44.9 Å². The molecular formula is C73H133NO18. The molecule has 0 aromatic rings. The Bertz CT molecular complexity index is 1860. The Hall–Kier alpha value is -2.25. The molecule has 3 rings (SSSR count). The maximum Gasteiger partial charge on any atom is 0.220 e. The van der Waals surface area contributed by atoms with Crippen LogP contribution in [0.2, 0.25) is 0 Å². The van der Waals surface area contributed by atoms with E-state index >= 15 is 0 Å². The molecule has 3 saturated heterocycles. The third kappa shape index (κ3) is 35.8. The minimum Gasteiger partial charge on any atom is -0.394 e. The van der Waals surface area contributed by atoms with Crippen LogP contribution in [0.5, 0.6) is 0 Å². The lowest BCUT2D eigenvalue weighted by Gasteiger charge is -2.48. The van der Waals surface area contributed by atoms with E-state index in [9.17, 15) is 61.0 Å². The number of allylic oxidation sites excluding steroid dienone is 7. The van der Waals surface area contributed by atoms with Crippen molar-refractivity contribution in [3.63, 3.8) is 0 Å². The SMILES string of the molecule is CCCCCCC/C=C\C/C=C\CCCCCCCCCCCCCCCCCCCCCC(=O)NC(COC1OC(CO)C(OC2OC(CO)C(OC3OC(CO)C(O)C(O)C3O)C(O)C2O)C(O)C1O)C(O)/C=C/CC/C=C/CCCCCCCCCCCC. The molecule has 538 valence electrons. The molecule has 3 fully saturated rings. The molecule has 3 heterocycles. The number of rotatable bonds is 57. The van der Waals surface area contributed by atoms with Gasteiger partial charge < -0.3 is 89.9 Å². The highest BCUT2D eigenvalue weighted by Crippen LogP contribution is 2.33. The number of carbonyl (C=O) groups is 1. The second-order valence-electron chi connectivity index (χ2n) is 26.4. The van der Waals surface area contributed by atoms with Crippen LogP contribution in [0.4, 0.5) is 0 Å². The van der Waals surface area contributed by atoms with E-state index in [0.29, 0.717) is 12.8 Å². The Kier molecular flexibility index (Phi) is 50.0. The van der Waals surface area contributed by atoms with Gasteiger partial charge in [-0.3, -0.25) is 4.79 Å². The fourth-order valence-electron chi connectivity index (χ4n) is 12.4. The molecule has 19 nitrogen and oxygen atoms in total. The summed E-state index contributed by atoms with van der Waals surface area (Å²) in [7, 11) is 0. The summed E-state index contributed by atoms with van der Waals surface area (Å²) in [5, 5.41) is 121. The Morgan fingerprint density at radius 3 is 1.15 bits per heavy atom. The van der Waals surface area contributed by atoms with Gasteiger partial charge in [0, 0.05) is 6.42 Å². The lowest BCUT2D eigenvalue weighted by Crippen LogP contribution is -2.66. The van der Waals surface area contributed by atoms with Gasteiger partial charge in [0.25, 0.3) is 0 Å². The maximum absolute atomic E-state index is 13.4. The van der Waals surface area contributed by atoms with Crippen LogP contribution in [0.25, 0.3) is 0 Å². The van der Waals surface area contributed by atoms with Crippen molar-refractivity contribution in [2.45, 2.75) is 381 Å². The van der Waals surface area contributed by atoms with Gasteiger partial charge in [0.2, 0.25) is 5.91 Å². The average molecular weight is 1310 g/mol. The molecular weight excluding hydrogens is 1180 g/mol. The number of carbonyl (C=O) groups excluding carboxylic acids is 1. The van der Waals surface area contributed by atoms with Gasteiger partial charge in [-0.1, -0.05) is 255 Å².